The molecule has 0 aliphatic carbocycles. The van der Waals surface area contributed by atoms with Crippen molar-refractivity contribution in [3.05, 3.63) is 0 Å². The number of hydrogen-bond donors (Lipinski definition) is 1. The second kappa shape index (κ2) is 6.76. The molecule has 1 N–H and O–H groups in total. The smallest absolute Gasteiger partial charge is 0.410 e. The van der Waals surface area contributed by atoms with Crippen molar-refractivity contribution in [2.45, 2.75) is 51.7 Å². The van der Waals surface area contributed by atoms with Crippen LogP contribution >= 0.6 is 0 Å². The number of nitrogens with one attached hydrogen (secondary N) is 1. The van der Waals surface area contributed by atoms with Crippen molar-refractivity contribution < 1.29 is 14.3 Å². The summed E-state index contributed by atoms with van der Waals surface area (Å²) in [6.07, 6.45) is 3.15. The molecule has 0 spiro atoms. The van der Waals surface area contributed by atoms with Crippen LogP contribution in [0.5, 0.6) is 0 Å². The molecular weight excluding hydrogens is 256 g/mol. The third-order valence-corrected chi connectivity index (χ3v) is 3.82. The molecule has 5 heteroatoms. The summed E-state index contributed by atoms with van der Waals surface area (Å²) >= 11 is 0. The molecule has 2 aliphatic rings. The lowest BCUT2D eigenvalue weighted by atomic mass is 10.1. The van der Waals surface area contributed by atoms with E-state index in [9.17, 15) is 4.79 Å². The van der Waals surface area contributed by atoms with Crippen LogP contribution in [-0.2, 0) is 9.47 Å². The van der Waals surface area contributed by atoms with Gasteiger partial charge < -0.3 is 19.7 Å². The van der Waals surface area contributed by atoms with Crippen LogP contribution in [0.4, 0.5) is 4.79 Å². The Kier molecular flexibility index (Phi) is 5.27. The van der Waals surface area contributed by atoms with Gasteiger partial charge in [0.25, 0.3) is 0 Å². The second-order valence-corrected chi connectivity index (χ2v) is 6.86. The summed E-state index contributed by atoms with van der Waals surface area (Å²) in [5.41, 5.74) is -0.417. The third-order valence-electron chi connectivity index (χ3n) is 3.82. The molecule has 0 radical (unpaired) electrons. The molecule has 1 atom stereocenters. The minimum Gasteiger partial charge on any atom is -0.444 e. The molecule has 1 amide bonds. The summed E-state index contributed by atoms with van der Waals surface area (Å²) in [6.45, 7) is 10.2. The van der Waals surface area contributed by atoms with E-state index in [1.54, 1.807) is 4.90 Å². The molecule has 5 nitrogen and oxygen atoms in total. The van der Waals surface area contributed by atoms with Gasteiger partial charge in [0.15, 0.2) is 0 Å². The van der Waals surface area contributed by atoms with Crippen molar-refractivity contribution in [2.24, 2.45) is 5.92 Å². The first-order valence-corrected chi connectivity index (χ1v) is 7.74. The SMILES string of the molecule is CC(C)(C)OC(=O)N1CCC(OCC2CCNC2)CC1. The van der Waals surface area contributed by atoms with E-state index in [0.29, 0.717) is 12.0 Å². The molecule has 0 aromatic carbocycles. The summed E-state index contributed by atoms with van der Waals surface area (Å²) in [4.78, 5) is 13.7. The highest BCUT2D eigenvalue weighted by Crippen LogP contribution is 2.19. The zero-order valence-electron chi connectivity index (χ0n) is 13.0. The molecule has 0 bridgehead atoms. The Morgan fingerprint density at radius 3 is 2.50 bits per heavy atom. The minimum absolute atomic E-state index is 0.198. The average molecular weight is 284 g/mol. The maximum atomic E-state index is 11.9. The molecule has 2 aliphatic heterocycles. The summed E-state index contributed by atoms with van der Waals surface area (Å²) in [5.74, 6) is 0.666. The number of piperidine rings is 1. The molecule has 2 saturated heterocycles. The Morgan fingerprint density at radius 1 is 1.25 bits per heavy atom. The lowest BCUT2D eigenvalue weighted by molar-refractivity contribution is -0.0192. The van der Waals surface area contributed by atoms with Crippen LogP contribution in [0.1, 0.15) is 40.0 Å². The van der Waals surface area contributed by atoms with Gasteiger partial charge in [0.1, 0.15) is 5.60 Å². The summed E-state index contributed by atoms with van der Waals surface area (Å²) in [5, 5.41) is 3.35. The summed E-state index contributed by atoms with van der Waals surface area (Å²) in [7, 11) is 0. The van der Waals surface area contributed by atoms with Gasteiger partial charge in [-0.2, -0.15) is 0 Å². The minimum atomic E-state index is -0.417. The molecule has 1 unspecified atom stereocenters. The highest BCUT2D eigenvalue weighted by Gasteiger charge is 2.27. The summed E-state index contributed by atoms with van der Waals surface area (Å²) < 4.78 is 11.4. The van der Waals surface area contributed by atoms with Crippen molar-refractivity contribution in [1.82, 2.24) is 10.2 Å². The highest BCUT2D eigenvalue weighted by atomic mass is 16.6. The summed E-state index contributed by atoms with van der Waals surface area (Å²) in [6, 6.07) is 0. The van der Waals surface area contributed by atoms with Crippen LogP contribution in [0.25, 0.3) is 0 Å². The predicted octanol–water partition coefficient (Wildman–Crippen LogP) is 2.01. The topological polar surface area (TPSA) is 50.8 Å². The van der Waals surface area contributed by atoms with Crippen molar-refractivity contribution in [1.29, 1.82) is 0 Å². The van der Waals surface area contributed by atoms with E-state index in [0.717, 1.165) is 45.6 Å². The van der Waals surface area contributed by atoms with Crippen molar-refractivity contribution >= 4 is 6.09 Å². The van der Waals surface area contributed by atoms with E-state index >= 15 is 0 Å². The zero-order valence-corrected chi connectivity index (χ0v) is 13.0. The molecule has 2 fully saturated rings. The van der Waals surface area contributed by atoms with Gasteiger partial charge in [-0.05, 0) is 52.5 Å². The van der Waals surface area contributed by atoms with E-state index in [-0.39, 0.29) is 6.09 Å². The van der Waals surface area contributed by atoms with Crippen LogP contribution < -0.4 is 5.32 Å². The van der Waals surface area contributed by atoms with Crippen molar-refractivity contribution in [3.8, 4) is 0 Å². The Bertz CT molecular complexity index is 314. The van der Waals surface area contributed by atoms with Crippen molar-refractivity contribution in [2.75, 3.05) is 32.8 Å². The van der Waals surface area contributed by atoms with Gasteiger partial charge in [0.05, 0.1) is 12.7 Å². The third kappa shape index (κ3) is 4.94. The number of rotatable bonds is 3. The van der Waals surface area contributed by atoms with E-state index in [1.165, 1.54) is 6.42 Å². The quantitative estimate of drug-likeness (QED) is 0.861. The van der Waals surface area contributed by atoms with E-state index < -0.39 is 5.60 Å². The molecule has 2 heterocycles. The van der Waals surface area contributed by atoms with Crippen LogP contribution in [0.2, 0.25) is 0 Å². The fourth-order valence-corrected chi connectivity index (χ4v) is 2.66. The largest absolute Gasteiger partial charge is 0.444 e. The number of likely N-dealkylation sites (tertiary alicyclic amines) is 1. The molecule has 116 valence electrons. The molecule has 0 saturated carbocycles. The fraction of sp³-hybridized carbons (Fsp3) is 0.933. The fourth-order valence-electron chi connectivity index (χ4n) is 2.66. The van der Waals surface area contributed by atoms with Crippen molar-refractivity contribution in [3.63, 3.8) is 0 Å². The normalized spacial score (nSPS) is 24.9. The van der Waals surface area contributed by atoms with Gasteiger partial charge in [-0.1, -0.05) is 0 Å². The Labute approximate surface area is 122 Å². The van der Waals surface area contributed by atoms with Crippen LogP contribution in [0.3, 0.4) is 0 Å². The Balaban J connectivity index is 1.65. The van der Waals surface area contributed by atoms with Gasteiger partial charge in [-0.25, -0.2) is 4.79 Å². The lowest BCUT2D eigenvalue weighted by Crippen LogP contribution is -2.43. The first kappa shape index (κ1) is 15.6. The van der Waals surface area contributed by atoms with Gasteiger partial charge in [-0.15, -0.1) is 0 Å². The molecular formula is C15H28N2O3. The highest BCUT2D eigenvalue weighted by molar-refractivity contribution is 5.68. The average Bonchev–Trinajstić information content (AvgIpc) is 2.88. The Hall–Kier alpha value is -0.810. The van der Waals surface area contributed by atoms with Gasteiger partial charge in [-0.3, -0.25) is 0 Å². The molecule has 0 aromatic heterocycles. The van der Waals surface area contributed by atoms with E-state index in [4.69, 9.17) is 9.47 Å². The van der Waals surface area contributed by atoms with Crippen LogP contribution in [0, 0.1) is 5.92 Å². The molecule has 2 rings (SSSR count). The predicted molar refractivity (Wildman–Crippen MR) is 77.8 cm³/mol. The number of nitrogens with zero attached hydrogens (tertiary/aromatic N) is 1. The van der Waals surface area contributed by atoms with Crippen LogP contribution in [-0.4, -0.2) is 55.5 Å². The van der Waals surface area contributed by atoms with Gasteiger partial charge in [0.2, 0.25) is 0 Å². The van der Waals surface area contributed by atoms with E-state index in [1.807, 2.05) is 20.8 Å². The maximum Gasteiger partial charge on any atom is 0.410 e. The monoisotopic (exact) mass is 284 g/mol. The number of amides is 1. The first-order valence-electron chi connectivity index (χ1n) is 7.74. The number of carbonyl (C=O) groups excluding carboxylic acids is 1. The van der Waals surface area contributed by atoms with E-state index in [2.05, 4.69) is 5.32 Å². The standard InChI is InChI=1S/C15H28N2O3/c1-15(2,3)20-14(18)17-8-5-13(6-9-17)19-11-12-4-7-16-10-12/h12-13,16H,4-11H2,1-3H3. The molecule has 0 aromatic rings. The Morgan fingerprint density at radius 2 is 1.95 bits per heavy atom. The van der Waals surface area contributed by atoms with Gasteiger partial charge in [0, 0.05) is 19.6 Å². The lowest BCUT2D eigenvalue weighted by Gasteiger charge is -2.33. The molecule has 20 heavy (non-hydrogen) atoms. The first-order chi connectivity index (χ1) is 9.44. The number of hydrogen-bond acceptors (Lipinski definition) is 4. The number of ether oxygens (including phenoxy) is 2. The second-order valence-electron chi connectivity index (χ2n) is 6.86. The maximum absolute atomic E-state index is 11.9. The van der Waals surface area contributed by atoms with Crippen LogP contribution in [0.15, 0.2) is 0 Å². The number of carbonyl (C=O) groups is 1. The van der Waals surface area contributed by atoms with Gasteiger partial charge >= 0.3 is 6.09 Å². The zero-order chi connectivity index (χ0) is 14.6.